The van der Waals surface area contributed by atoms with Crippen LogP contribution >= 0.6 is 11.6 Å². The van der Waals surface area contributed by atoms with Crippen LogP contribution in [0.3, 0.4) is 0 Å². The van der Waals surface area contributed by atoms with Gasteiger partial charge in [0.1, 0.15) is 0 Å². The molecule has 3 aromatic carbocycles. The van der Waals surface area contributed by atoms with Gasteiger partial charge in [0.05, 0.1) is 10.6 Å². The number of hydrogen-bond acceptors (Lipinski definition) is 2. The molecule has 0 saturated carbocycles. The highest BCUT2D eigenvalue weighted by atomic mass is 35.5. The van der Waals surface area contributed by atoms with E-state index in [-0.39, 0.29) is 5.69 Å². The van der Waals surface area contributed by atoms with Crippen LogP contribution < -0.4 is 5.32 Å². The maximum absolute atomic E-state index is 13.0. The number of carbonyl (C=O) groups is 1. The number of benzene rings is 3. The van der Waals surface area contributed by atoms with Crippen molar-refractivity contribution in [3.05, 3.63) is 100 Å². The zero-order chi connectivity index (χ0) is 24.1. The van der Waals surface area contributed by atoms with Gasteiger partial charge in [-0.3, -0.25) is 9.69 Å². The van der Waals surface area contributed by atoms with E-state index in [1.54, 1.807) is 12.1 Å². The van der Waals surface area contributed by atoms with Gasteiger partial charge >= 0.3 is 6.18 Å². The van der Waals surface area contributed by atoms with Crippen molar-refractivity contribution in [2.45, 2.75) is 32.0 Å². The Labute approximate surface area is 202 Å². The number of hydrogen-bond donors (Lipinski definition) is 1. The molecule has 0 spiro atoms. The van der Waals surface area contributed by atoms with E-state index in [1.165, 1.54) is 11.6 Å². The molecule has 1 amide bonds. The molecule has 0 bridgehead atoms. The van der Waals surface area contributed by atoms with Crippen LogP contribution in [0.5, 0.6) is 0 Å². The fraction of sp³-hybridized carbons (Fsp3) is 0.296. The highest BCUT2D eigenvalue weighted by molar-refractivity contribution is 6.31. The van der Waals surface area contributed by atoms with Crippen LogP contribution in [0.2, 0.25) is 5.02 Å². The van der Waals surface area contributed by atoms with Crippen LogP contribution in [0.1, 0.15) is 39.9 Å². The Morgan fingerprint density at radius 1 is 0.941 bits per heavy atom. The summed E-state index contributed by atoms with van der Waals surface area (Å²) in [4.78, 5) is 14.9. The molecule has 7 heteroatoms. The van der Waals surface area contributed by atoms with E-state index < -0.39 is 22.7 Å². The van der Waals surface area contributed by atoms with Gasteiger partial charge in [0.15, 0.2) is 0 Å². The highest BCUT2D eigenvalue weighted by Gasteiger charge is 2.33. The molecule has 3 aromatic rings. The molecule has 1 saturated heterocycles. The predicted molar refractivity (Wildman–Crippen MR) is 129 cm³/mol. The maximum Gasteiger partial charge on any atom is 0.417 e. The summed E-state index contributed by atoms with van der Waals surface area (Å²) < 4.78 is 39.1. The smallest absolute Gasteiger partial charge is 0.322 e. The van der Waals surface area contributed by atoms with Gasteiger partial charge in [-0.1, -0.05) is 54.1 Å². The van der Waals surface area contributed by atoms with Crippen molar-refractivity contribution in [2.75, 3.05) is 18.4 Å². The van der Waals surface area contributed by atoms with Gasteiger partial charge in [-0.2, -0.15) is 13.2 Å². The third kappa shape index (κ3) is 6.39. The zero-order valence-corrected chi connectivity index (χ0v) is 19.4. The van der Waals surface area contributed by atoms with E-state index in [1.807, 2.05) is 18.2 Å². The molecule has 34 heavy (non-hydrogen) atoms. The number of nitrogens with one attached hydrogen (secondary N) is 1. The first kappa shape index (κ1) is 24.3. The molecule has 3 nitrogen and oxygen atoms in total. The number of piperidine rings is 1. The van der Waals surface area contributed by atoms with Crippen LogP contribution in [0, 0.1) is 5.92 Å². The van der Waals surface area contributed by atoms with Crippen molar-refractivity contribution in [2.24, 2.45) is 5.92 Å². The molecule has 4 rings (SSSR count). The van der Waals surface area contributed by atoms with Crippen LogP contribution in [-0.2, 0) is 19.1 Å². The van der Waals surface area contributed by atoms with Crippen molar-refractivity contribution in [1.29, 1.82) is 0 Å². The molecule has 0 aliphatic carbocycles. The largest absolute Gasteiger partial charge is 0.417 e. The van der Waals surface area contributed by atoms with Gasteiger partial charge in [-0.05, 0) is 79.7 Å². The summed E-state index contributed by atoms with van der Waals surface area (Å²) >= 11 is 5.64. The third-order valence-corrected chi connectivity index (χ3v) is 6.56. The van der Waals surface area contributed by atoms with Gasteiger partial charge in [0.2, 0.25) is 0 Å². The van der Waals surface area contributed by atoms with Crippen molar-refractivity contribution in [3.8, 4) is 0 Å². The number of alkyl halides is 3. The number of halogens is 4. The lowest BCUT2D eigenvalue weighted by atomic mass is 9.90. The third-order valence-electron chi connectivity index (χ3n) is 6.23. The average Bonchev–Trinajstić information content (AvgIpc) is 2.82. The number of amides is 1. The summed E-state index contributed by atoms with van der Waals surface area (Å²) in [6.07, 6.45) is -1.14. The number of nitrogens with zero attached hydrogens (tertiary/aromatic N) is 1. The molecule has 1 fully saturated rings. The van der Waals surface area contributed by atoms with Crippen molar-refractivity contribution in [3.63, 3.8) is 0 Å². The summed E-state index contributed by atoms with van der Waals surface area (Å²) in [5.41, 5.74) is 1.94. The Balaban J connectivity index is 1.29. The Morgan fingerprint density at radius 3 is 2.26 bits per heavy atom. The molecule has 1 N–H and O–H groups in total. The van der Waals surface area contributed by atoms with Gasteiger partial charge < -0.3 is 5.32 Å². The lowest BCUT2D eigenvalue weighted by Gasteiger charge is -2.32. The van der Waals surface area contributed by atoms with E-state index in [0.29, 0.717) is 11.5 Å². The van der Waals surface area contributed by atoms with Gasteiger partial charge in [0.25, 0.3) is 5.91 Å². The lowest BCUT2D eigenvalue weighted by molar-refractivity contribution is -0.137. The molecule has 0 aromatic heterocycles. The molecule has 1 heterocycles. The molecule has 1 aliphatic rings. The quantitative estimate of drug-likeness (QED) is 0.404. The number of anilines is 1. The topological polar surface area (TPSA) is 32.3 Å². The Hall–Kier alpha value is -2.83. The first-order chi connectivity index (χ1) is 16.3. The van der Waals surface area contributed by atoms with E-state index in [9.17, 15) is 18.0 Å². The predicted octanol–water partition coefficient (Wildman–Crippen LogP) is 7.07. The van der Waals surface area contributed by atoms with Gasteiger partial charge in [0, 0.05) is 17.8 Å². The number of rotatable bonds is 6. The minimum Gasteiger partial charge on any atom is -0.322 e. The standard InChI is InChI=1S/C27H26ClF3N2O/c28-25-11-10-23(17-24(25)27(29,30)31)32-26(34)22-8-6-21(7-9-22)18-33-14-12-20(13-15-33)16-19-4-2-1-3-5-19/h1-11,17,20H,12-16,18H2,(H,32,34). The monoisotopic (exact) mass is 486 g/mol. The molecular formula is C27H26ClF3N2O. The second kappa shape index (κ2) is 10.6. The first-order valence-electron chi connectivity index (χ1n) is 11.3. The minimum absolute atomic E-state index is 0.0455. The molecule has 1 aliphatic heterocycles. The van der Waals surface area contributed by atoms with Crippen LogP contribution in [0.15, 0.2) is 72.8 Å². The highest BCUT2D eigenvalue weighted by Crippen LogP contribution is 2.36. The van der Waals surface area contributed by atoms with E-state index in [4.69, 9.17) is 11.6 Å². The summed E-state index contributed by atoms with van der Waals surface area (Å²) in [5.74, 6) is 0.235. The van der Waals surface area contributed by atoms with Crippen LogP contribution in [-0.4, -0.2) is 23.9 Å². The fourth-order valence-corrected chi connectivity index (χ4v) is 4.56. The Kier molecular flexibility index (Phi) is 7.59. The first-order valence-corrected chi connectivity index (χ1v) is 11.7. The average molecular weight is 487 g/mol. The zero-order valence-electron chi connectivity index (χ0n) is 18.6. The molecule has 0 radical (unpaired) electrons. The molecule has 178 valence electrons. The van der Waals surface area contributed by atoms with Crippen molar-refractivity contribution < 1.29 is 18.0 Å². The lowest BCUT2D eigenvalue weighted by Crippen LogP contribution is -2.33. The summed E-state index contributed by atoms with van der Waals surface area (Å²) in [5, 5.41) is 2.11. The van der Waals surface area contributed by atoms with Crippen molar-refractivity contribution >= 4 is 23.2 Å². The normalized spacial score (nSPS) is 15.3. The molecular weight excluding hydrogens is 461 g/mol. The number of likely N-dealkylation sites (tertiary alicyclic amines) is 1. The second-order valence-electron chi connectivity index (χ2n) is 8.75. The maximum atomic E-state index is 13.0. The van der Waals surface area contributed by atoms with E-state index >= 15 is 0 Å². The van der Waals surface area contributed by atoms with Crippen LogP contribution in [0.4, 0.5) is 18.9 Å². The van der Waals surface area contributed by atoms with E-state index in [0.717, 1.165) is 56.6 Å². The van der Waals surface area contributed by atoms with Crippen LogP contribution in [0.25, 0.3) is 0 Å². The SMILES string of the molecule is O=C(Nc1ccc(Cl)c(C(F)(F)F)c1)c1ccc(CN2CCC(Cc3ccccc3)CC2)cc1. The van der Waals surface area contributed by atoms with Gasteiger partial charge in [-0.25, -0.2) is 0 Å². The summed E-state index contributed by atoms with van der Waals surface area (Å²) in [6, 6.07) is 21.1. The Bertz CT molecular complexity index is 1110. The van der Waals surface area contributed by atoms with Crippen molar-refractivity contribution in [1.82, 2.24) is 4.90 Å². The summed E-state index contributed by atoms with van der Waals surface area (Å²) in [6.45, 7) is 2.89. The second-order valence-corrected chi connectivity index (χ2v) is 9.16. The van der Waals surface area contributed by atoms with Gasteiger partial charge in [-0.15, -0.1) is 0 Å². The Morgan fingerprint density at radius 2 is 1.62 bits per heavy atom. The summed E-state index contributed by atoms with van der Waals surface area (Å²) in [7, 11) is 0. The minimum atomic E-state index is -4.59. The van der Waals surface area contributed by atoms with E-state index in [2.05, 4.69) is 34.5 Å². The molecule has 0 unspecified atom stereocenters. The molecule has 0 atom stereocenters. The fourth-order valence-electron chi connectivity index (χ4n) is 4.34. The number of carbonyl (C=O) groups excluding carboxylic acids is 1.